The topological polar surface area (TPSA) is 69.7 Å². The lowest BCUT2D eigenvalue weighted by Crippen LogP contribution is -2.52. The number of hydrogen-bond acceptors (Lipinski definition) is 4. The van der Waals surface area contributed by atoms with Gasteiger partial charge in [0.1, 0.15) is 6.04 Å². The Bertz CT molecular complexity index is 463. The summed E-state index contributed by atoms with van der Waals surface area (Å²) in [5.74, 6) is 1.31. The van der Waals surface area contributed by atoms with Crippen LogP contribution in [0, 0.1) is 5.92 Å². The molecule has 1 saturated carbocycles. The summed E-state index contributed by atoms with van der Waals surface area (Å²) in [6, 6.07) is -0.703. The molecule has 1 saturated heterocycles. The fourth-order valence-electron chi connectivity index (χ4n) is 1.98. The quantitative estimate of drug-likeness (QED) is 0.772. The molecule has 116 valence electrons. The van der Waals surface area contributed by atoms with Gasteiger partial charge in [-0.05, 0) is 32.6 Å². The Morgan fingerprint density at radius 1 is 1.45 bits per heavy atom. The second-order valence-corrected chi connectivity index (χ2v) is 8.65. The molecule has 0 aromatic carbocycles. The largest absolute Gasteiger partial charge is 0.354 e. The highest BCUT2D eigenvalue weighted by atomic mass is 32.2. The zero-order valence-electron chi connectivity index (χ0n) is 12.2. The van der Waals surface area contributed by atoms with E-state index >= 15 is 0 Å². The maximum absolute atomic E-state index is 12.5. The second kappa shape index (κ2) is 6.21. The summed E-state index contributed by atoms with van der Waals surface area (Å²) < 4.78 is 27.6. The van der Waals surface area contributed by atoms with E-state index in [9.17, 15) is 13.2 Å². The Morgan fingerprint density at radius 2 is 2.10 bits per heavy atom. The highest BCUT2D eigenvalue weighted by Crippen LogP contribution is 2.29. The molecule has 20 heavy (non-hydrogen) atoms. The molecule has 1 atom stereocenters. The first kappa shape index (κ1) is 16.1. The molecule has 1 heterocycles. The van der Waals surface area contributed by atoms with Crippen LogP contribution in [0.15, 0.2) is 0 Å². The number of carbonyl (C=O) groups is 1. The smallest absolute Gasteiger partial charge is 0.283 e. The maximum atomic E-state index is 12.5. The van der Waals surface area contributed by atoms with Crippen molar-refractivity contribution in [3.05, 3.63) is 0 Å². The standard InChI is InChI=1S/C12H23N3O3S2/c1-9(2)14(3)20(17,18)15-8-19-7-11(15)12(16)13-6-10-4-5-10/h9-11H,4-8H2,1-3H3,(H,13,16). The van der Waals surface area contributed by atoms with Crippen LogP contribution in [-0.4, -0.2) is 60.2 Å². The summed E-state index contributed by atoms with van der Waals surface area (Å²) in [4.78, 5) is 12.2. The van der Waals surface area contributed by atoms with Crippen molar-refractivity contribution in [1.82, 2.24) is 13.9 Å². The van der Waals surface area contributed by atoms with E-state index in [1.165, 1.54) is 20.4 Å². The zero-order valence-corrected chi connectivity index (χ0v) is 13.8. The van der Waals surface area contributed by atoms with E-state index in [0.717, 1.165) is 12.8 Å². The Hall–Kier alpha value is -0.310. The summed E-state index contributed by atoms with van der Waals surface area (Å²) in [7, 11) is -2.01. The average Bonchev–Trinajstić information content (AvgIpc) is 3.08. The van der Waals surface area contributed by atoms with Crippen LogP contribution in [0.1, 0.15) is 26.7 Å². The molecule has 0 radical (unpaired) electrons. The fourth-order valence-corrected chi connectivity index (χ4v) is 5.20. The number of nitrogens with one attached hydrogen (secondary N) is 1. The van der Waals surface area contributed by atoms with Crippen LogP contribution in [0.25, 0.3) is 0 Å². The monoisotopic (exact) mass is 321 g/mol. The van der Waals surface area contributed by atoms with Crippen LogP contribution in [0.3, 0.4) is 0 Å². The summed E-state index contributed by atoms with van der Waals surface area (Å²) in [6.45, 7) is 4.32. The minimum atomic E-state index is -3.57. The first-order valence-corrected chi connectivity index (χ1v) is 9.49. The molecule has 1 amide bonds. The van der Waals surface area contributed by atoms with Crippen molar-refractivity contribution in [2.24, 2.45) is 5.92 Å². The van der Waals surface area contributed by atoms with E-state index in [0.29, 0.717) is 24.1 Å². The highest BCUT2D eigenvalue weighted by molar-refractivity contribution is 8.00. The van der Waals surface area contributed by atoms with E-state index in [-0.39, 0.29) is 11.9 Å². The zero-order chi connectivity index (χ0) is 14.9. The van der Waals surface area contributed by atoms with Gasteiger partial charge >= 0.3 is 0 Å². The molecule has 1 unspecified atom stereocenters. The van der Waals surface area contributed by atoms with Crippen molar-refractivity contribution < 1.29 is 13.2 Å². The van der Waals surface area contributed by atoms with Gasteiger partial charge in [0.05, 0.1) is 5.88 Å². The molecule has 6 nitrogen and oxygen atoms in total. The van der Waals surface area contributed by atoms with Crippen LogP contribution >= 0.6 is 11.8 Å². The minimum Gasteiger partial charge on any atom is -0.354 e. The first-order chi connectivity index (χ1) is 9.34. The number of carbonyl (C=O) groups excluding carboxylic acids is 1. The van der Waals surface area contributed by atoms with Crippen molar-refractivity contribution in [2.45, 2.75) is 38.8 Å². The Morgan fingerprint density at radius 3 is 2.65 bits per heavy atom. The first-order valence-electron chi connectivity index (χ1n) is 6.94. The molecular formula is C12H23N3O3S2. The van der Waals surface area contributed by atoms with Crippen LogP contribution < -0.4 is 5.32 Å². The van der Waals surface area contributed by atoms with Crippen LogP contribution in [0.2, 0.25) is 0 Å². The number of rotatable bonds is 6. The predicted octanol–water partition coefficient (Wildman–Crippen LogP) is 0.473. The lowest BCUT2D eigenvalue weighted by Gasteiger charge is -2.29. The lowest BCUT2D eigenvalue weighted by molar-refractivity contribution is -0.123. The highest BCUT2D eigenvalue weighted by Gasteiger charge is 2.41. The molecule has 1 aliphatic carbocycles. The third kappa shape index (κ3) is 3.47. The van der Waals surface area contributed by atoms with Gasteiger partial charge in [0.2, 0.25) is 5.91 Å². The molecule has 2 fully saturated rings. The molecular weight excluding hydrogens is 298 g/mol. The van der Waals surface area contributed by atoms with E-state index in [2.05, 4.69) is 5.32 Å². The van der Waals surface area contributed by atoms with Gasteiger partial charge in [0, 0.05) is 25.4 Å². The number of hydrogen-bond donors (Lipinski definition) is 1. The SMILES string of the molecule is CC(C)N(C)S(=O)(=O)N1CSCC1C(=O)NCC1CC1. The van der Waals surface area contributed by atoms with E-state index in [1.54, 1.807) is 7.05 Å². The van der Waals surface area contributed by atoms with Crippen molar-refractivity contribution in [1.29, 1.82) is 0 Å². The van der Waals surface area contributed by atoms with Gasteiger partial charge in [0.25, 0.3) is 10.2 Å². The molecule has 0 bridgehead atoms. The number of nitrogens with zero attached hydrogens (tertiary/aromatic N) is 2. The van der Waals surface area contributed by atoms with Gasteiger partial charge in [-0.3, -0.25) is 4.79 Å². The van der Waals surface area contributed by atoms with Crippen molar-refractivity contribution in [2.75, 3.05) is 25.2 Å². The predicted molar refractivity (Wildman–Crippen MR) is 80.5 cm³/mol. The number of amides is 1. The van der Waals surface area contributed by atoms with Crippen LogP contribution in [-0.2, 0) is 15.0 Å². The molecule has 0 aromatic heterocycles. The second-order valence-electron chi connectivity index (χ2n) is 5.71. The fraction of sp³-hybridized carbons (Fsp3) is 0.917. The normalized spacial score (nSPS) is 24.6. The van der Waals surface area contributed by atoms with Crippen molar-refractivity contribution in [3.8, 4) is 0 Å². The summed E-state index contributed by atoms with van der Waals surface area (Å²) in [5, 5.41) is 2.88. The van der Waals surface area contributed by atoms with E-state index in [1.807, 2.05) is 13.8 Å². The lowest BCUT2D eigenvalue weighted by atomic mass is 10.3. The third-order valence-corrected chi connectivity index (χ3v) is 7.10. The molecule has 1 aliphatic heterocycles. The Kier molecular flexibility index (Phi) is 4.99. The third-order valence-electron chi connectivity index (χ3n) is 3.79. The summed E-state index contributed by atoms with van der Waals surface area (Å²) >= 11 is 1.48. The van der Waals surface area contributed by atoms with Gasteiger partial charge in [-0.25, -0.2) is 0 Å². The van der Waals surface area contributed by atoms with Gasteiger partial charge in [-0.1, -0.05) is 0 Å². The maximum Gasteiger partial charge on any atom is 0.283 e. The molecule has 1 N–H and O–H groups in total. The summed E-state index contributed by atoms with van der Waals surface area (Å²) in [5.41, 5.74) is 0. The van der Waals surface area contributed by atoms with Gasteiger partial charge in [-0.15, -0.1) is 11.8 Å². The Labute approximate surface area is 125 Å². The molecule has 0 aromatic rings. The summed E-state index contributed by atoms with van der Waals surface area (Å²) in [6.07, 6.45) is 2.33. The van der Waals surface area contributed by atoms with Crippen molar-refractivity contribution in [3.63, 3.8) is 0 Å². The molecule has 0 spiro atoms. The van der Waals surface area contributed by atoms with E-state index in [4.69, 9.17) is 0 Å². The number of thioether (sulfide) groups is 1. The molecule has 8 heteroatoms. The van der Waals surface area contributed by atoms with Gasteiger partial charge in [-0.2, -0.15) is 17.0 Å². The Balaban J connectivity index is 2.03. The van der Waals surface area contributed by atoms with Crippen molar-refractivity contribution >= 4 is 27.9 Å². The molecule has 2 aliphatic rings. The van der Waals surface area contributed by atoms with Gasteiger partial charge in [0.15, 0.2) is 0 Å². The molecule has 2 rings (SSSR count). The van der Waals surface area contributed by atoms with Crippen LogP contribution in [0.4, 0.5) is 0 Å². The van der Waals surface area contributed by atoms with E-state index < -0.39 is 16.3 Å². The van der Waals surface area contributed by atoms with Crippen LogP contribution in [0.5, 0.6) is 0 Å². The van der Waals surface area contributed by atoms with Gasteiger partial charge < -0.3 is 5.32 Å². The average molecular weight is 321 g/mol. The minimum absolute atomic E-state index is 0.124.